The number of para-hydroxylation sites is 12. The van der Waals surface area contributed by atoms with Gasteiger partial charge in [-0.1, -0.05) is 149 Å². The number of imidazole rings is 4. The topological polar surface area (TPSA) is 77.8 Å². The highest BCUT2D eigenvalue weighted by atomic mass is 15.2. The zero-order chi connectivity index (χ0) is 52.9. The molecule has 15 rings (SSSR count). The van der Waals surface area contributed by atoms with Gasteiger partial charge in [0.1, 0.15) is 23.3 Å². The number of nitrogens with zero attached hydrogens (tertiary/aromatic N) is 10. The fraction of sp³-hybridized carbons (Fsp3) is 0.147. The summed E-state index contributed by atoms with van der Waals surface area (Å²) in [5, 5.41) is 0. The molecule has 13 aromatic rings. The van der Waals surface area contributed by atoms with E-state index in [-0.39, 0.29) is 10.8 Å². The van der Waals surface area contributed by atoms with Crippen molar-refractivity contribution in [3.05, 3.63) is 216 Å². The van der Waals surface area contributed by atoms with Crippen LogP contribution in [0.5, 0.6) is 0 Å². The molecule has 0 radical (unpaired) electrons. The number of hydrogen-bond donors (Lipinski definition) is 0. The van der Waals surface area contributed by atoms with Crippen molar-refractivity contribution in [1.82, 2.24) is 38.2 Å². The largest absolute Gasteiger partial charge is 0.327 e. The normalized spacial score (nSPS) is 14.3. The van der Waals surface area contributed by atoms with Gasteiger partial charge < -0.3 is 28.1 Å². The van der Waals surface area contributed by atoms with E-state index in [0.29, 0.717) is 0 Å². The molecule has 9 aromatic carbocycles. The van der Waals surface area contributed by atoms with Crippen LogP contribution < -0.4 is 9.80 Å². The van der Waals surface area contributed by atoms with Crippen molar-refractivity contribution < 1.29 is 0 Å². The van der Waals surface area contributed by atoms with Crippen LogP contribution in [0.15, 0.2) is 194 Å². The van der Waals surface area contributed by atoms with E-state index in [1.54, 1.807) is 0 Å². The standard InChI is InChI=1S/C68H56N10/c1-67(2)41-25-9-17-33-49(41)77(50-34-18-10-26-42(50)67)61-58(64-70-46-30-14-22-38-54(46)74(64)6)57(63-69-45-29-13-21-37-53(45)73(63)5)59(65-71-47-31-15-23-39-55(47)75(65)7)62(60(61)66-72-48-32-16-24-40-56(48)76(66)8)78-51-35-19-11-27-43(51)68(3,4)44-28-12-20-36-52(44)78/h9-40H,1-8H3. The third kappa shape index (κ3) is 6.19. The number of anilines is 6. The predicted octanol–water partition coefficient (Wildman–Crippen LogP) is 16.1. The quantitative estimate of drug-likeness (QED) is 0.165. The van der Waals surface area contributed by atoms with Gasteiger partial charge in [-0.05, 0) is 95.1 Å². The number of benzene rings is 9. The van der Waals surface area contributed by atoms with Crippen molar-refractivity contribution in [2.24, 2.45) is 28.2 Å². The van der Waals surface area contributed by atoms with Crippen molar-refractivity contribution in [2.45, 2.75) is 38.5 Å². The maximum Gasteiger partial charge on any atom is 0.145 e. The van der Waals surface area contributed by atoms with Gasteiger partial charge in [-0.15, -0.1) is 0 Å². The summed E-state index contributed by atoms with van der Waals surface area (Å²) in [5.74, 6) is 3.12. The average Bonchev–Trinajstić information content (AvgIpc) is 4.20. The second-order valence-electron chi connectivity index (χ2n) is 22.1. The summed E-state index contributed by atoms with van der Waals surface area (Å²) in [4.78, 5) is 28.4. The van der Waals surface area contributed by atoms with E-state index in [0.717, 1.165) is 124 Å². The van der Waals surface area contributed by atoms with E-state index in [9.17, 15) is 0 Å². The molecule has 0 atom stereocenters. The van der Waals surface area contributed by atoms with Gasteiger partial charge in [0.25, 0.3) is 0 Å². The van der Waals surface area contributed by atoms with Gasteiger partial charge in [-0.25, -0.2) is 19.9 Å². The van der Waals surface area contributed by atoms with Crippen LogP contribution in [0, 0.1) is 0 Å². The van der Waals surface area contributed by atoms with Gasteiger partial charge in [0.05, 0.1) is 94.9 Å². The third-order valence-corrected chi connectivity index (χ3v) is 17.2. The molecule has 0 amide bonds. The Balaban J connectivity index is 1.30. The van der Waals surface area contributed by atoms with Crippen molar-refractivity contribution in [3.63, 3.8) is 0 Å². The Morgan fingerprint density at radius 3 is 0.782 bits per heavy atom. The fourth-order valence-electron chi connectivity index (χ4n) is 13.3. The first-order valence-corrected chi connectivity index (χ1v) is 26.8. The van der Waals surface area contributed by atoms with Crippen molar-refractivity contribution in [3.8, 4) is 45.6 Å². The maximum absolute atomic E-state index is 5.86. The number of rotatable bonds is 6. The molecular weight excluding hydrogens is 957 g/mol. The van der Waals surface area contributed by atoms with E-state index in [1.807, 2.05) is 0 Å². The molecule has 0 spiro atoms. The summed E-state index contributed by atoms with van der Waals surface area (Å²) in [5.41, 5.74) is 21.4. The molecule has 10 nitrogen and oxygen atoms in total. The van der Waals surface area contributed by atoms with Gasteiger partial charge in [0.15, 0.2) is 0 Å². The van der Waals surface area contributed by atoms with Crippen molar-refractivity contribution in [1.29, 1.82) is 0 Å². The van der Waals surface area contributed by atoms with Crippen LogP contribution in [-0.2, 0) is 39.0 Å². The van der Waals surface area contributed by atoms with E-state index < -0.39 is 0 Å². The Morgan fingerprint density at radius 1 is 0.269 bits per heavy atom. The highest BCUT2D eigenvalue weighted by Crippen LogP contribution is 2.65. The molecular formula is C68H56N10. The summed E-state index contributed by atoms with van der Waals surface area (Å²) >= 11 is 0. The lowest BCUT2D eigenvalue weighted by Crippen LogP contribution is -2.33. The third-order valence-electron chi connectivity index (χ3n) is 17.2. The van der Waals surface area contributed by atoms with Gasteiger partial charge in [0, 0.05) is 44.6 Å². The van der Waals surface area contributed by atoms with Crippen LogP contribution in [0.3, 0.4) is 0 Å². The lowest BCUT2D eigenvalue weighted by Gasteiger charge is -2.46. The summed E-state index contributed by atoms with van der Waals surface area (Å²) < 4.78 is 9.11. The predicted molar refractivity (Wildman–Crippen MR) is 319 cm³/mol. The first-order chi connectivity index (χ1) is 37.9. The van der Waals surface area contributed by atoms with E-state index in [2.05, 4.69) is 278 Å². The number of aryl methyl sites for hydroxylation is 4. The molecule has 0 fully saturated rings. The molecule has 0 N–H and O–H groups in total. The highest BCUT2D eigenvalue weighted by Gasteiger charge is 2.46. The molecule has 0 saturated heterocycles. The molecule has 4 aromatic heterocycles. The number of fused-ring (bicyclic) bond motifs is 8. The van der Waals surface area contributed by atoms with Crippen LogP contribution in [0.4, 0.5) is 34.1 Å². The zero-order valence-electron chi connectivity index (χ0n) is 44.9. The van der Waals surface area contributed by atoms with Crippen LogP contribution >= 0.6 is 0 Å². The molecule has 0 unspecified atom stereocenters. The van der Waals surface area contributed by atoms with Crippen LogP contribution in [0.25, 0.3) is 89.7 Å². The monoisotopic (exact) mass is 1010 g/mol. The smallest absolute Gasteiger partial charge is 0.145 e. The Hall–Kier alpha value is -9.54. The van der Waals surface area contributed by atoms with Gasteiger partial charge in [-0.2, -0.15) is 0 Å². The minimum atomic E-state index is -0.369. The van der Waals surface area contributed by atoms with Crippen LogP contribution in [-0.4, -0.2) is 38.2 Å². The molecule has 10 heteroatoms. The Morgan fingerprint density at radius 2 is 0.500 bits per heavy atom. The van der Waals surface area contributed by atoms with Crippen LogP contribution in [0.2, 0.25) is 0 Å². The maximum atomic E-state index is 5.86. The number of aromatic nitrogens is 8. The SMILES string of the molecule is Cn1c(-c2c(-c3nc4ccccc4n3C)c(N3c4ccccc4C(C)(C)c4ccccc43)c(-c3nc4ccccc4n3C)c(N3c4ccccc4C(C)(C)c4ccccc43)c2-c2nc3ccccc3n2C)nc2ccccc21. The van der Waals surface area contributed by atoms with Crippen molar-refractivity contribution >= 4 is 78.3 Å². The number of hydrogen-bond acceptors (Lipinski definition) is 6. The lowest BCUT2D eigenvalue weighted by molar-refractivity contribution is 0.631. The summed E-state index contributed by atoms with van der Waals surface area (Å²) in [7, 11) is 8.64. The molecule has 0 saturated carbocycles. The van der Waals surface area contributed by atoms with Crippen molar-refractivity contribution in [2.75, 3.05) is 9.80 Å². The Labute approximate surface area is 452 Å². The second kappa shape index (κ2) is 16.5. The van der Waals surface area contributed by atoms with Gasteiger partial charge in [0.2, 0.25) is 0 Å². The first-order valence-electron chi connectivity index (χ1n) is 26.8. The fourth-order valence-corrected chi connectivity index (χ4v) is 13.3. The summed E-state index contributed by atoms with van der Waals surface area (Å²) in [6.07, 6.45) is 0. The molecule has 0 aliphatic carbocycles. The van der Waals surface area contributed by atoms with E-state index in [4.69, 9.17) is 19.9 Å². The minimum Gasteiger partial charge on any atom is -0.327 e. The van der Waals surface area contributed by atoms with Gasteiger partial charge >= 0.3 is 0 Å². The second-order valence-corrected chi connectivity index (χ2v) is 22.1. The minimum absolute atomic E-state index is 0.369. The molecule has 2 aliphatic rings. The highest BCUT2D eigenvalue weighted by molar-refractivity contribution is 6.17. The van der Waals surface area contributed by atoms with E-state index in [1.165, 1.54) is 22.3 Å². The summed E-state index contributed by atoms with van der Waals surface area (Å²) in [6.45, 7) is 9.43. The Bertz CT molecular complexity index is 4340. The Kier molecular flexibility index (Phi) is 9.68. The van der Waals surface area contributed by atoms with Gasteiger partial charge in [-0.3, -0.25) is 0 Å². The molecule has 78 heavy (non-hydrogen) atoms. The molecule has 0 bridgehead atoms. The average molecular weight is 1010 g/mol. The molecule has 2 aliphatic heterocycles. The zero-order valence-corrected chi connectivity index (χ0v) is 44.9. The lowest BCUT2D eigenvalue weighted by atomic mass is 9.72. The van der Waals surface area contributed by atoms with Crippen LogP contribution in [0.1, 0.15) is 49.9 Å². The molecule has 378 valence electrons. The summed E-state index contributed by atoms with van der Waals surface area (Å²) in [6, 6.07) is 69.8. The van der Waals surface area contributed by atoms with E-state index >= 15 is 0 Å². The first kappa shape index (κ1) is 45.8. The molecule has 6 heterocycles.